The smallest absolute Gasteiger partial charge is 0.224 e. The van der Waals surface area contributed by atoms with Crippen LogP contribution in [0, 0.1) is 12.8 Å². The van der Waals surface area contributed by atoms with E-state index in [1.54, 1.807) is 18.4 Å². The van der Waals surface area contributed by atoms with Crippen molar-refractivity contribution in [3.63, 3.8) is 0 Å². The Bertz CT molecular complexity index is 1040. The first-order valence-corrected chi connectivity index (χ1v) is 11.5. The van der Waals surface area contributed by atoms with Gasteiger partial charge in [0.1, 0.15) is 16.9 Å². The number of benzene rings is 1. The summed E-state index contributed by atoms with van der Waals surface area (Å²) in [5, 5.41) is 37.6. The minimum atomic E-state index is -1.02. The van der Waals surface area contributed by atoms with Crippen LogP contribution in [0.1, 0.15) is 19.0 Å². The average Bonchev–Trinajstić information content (AvgIpc) is 3.33. The highest BCUT2D eigenvalue weighted by Gasteiger charge is 2.41. The van der Waals surface area contributed by atoms with E-state index in [-0.39, 0.29) is 12.7 Å². The largest absolute Gasteiger partial charge is 0.396 e. The fourth-order valence-electron chi connectivity index (χ4n) is 3.93. The molecule has 0 spiro atoms. The molecule has 2 aromatic heterocycles. The standard InChI is InChI=1S/C22H29N5O4S/c1-11(31-3)9-23-22-24-12(2)17(21-26-14-6-4-5-7-16(14)32-21)20(27-22)25-15-8-13(10-28)18(29)19(15)30/h4-7,11,13,15,18-19,28-30H,8-10H2,1-3H3,(H2,23,24,25,27)/t11-,13-,15-,18-,19+/m1/s1. The average molecular weight is 460 g/mol. The Morgan fingerprint density at radius 3 is 2.66 bits per heavy atom. The molecule has 5 atom stereocenters. The van der Waals surface area contributed by atoms with Gasteiger partial charge in [-0.15, -0.1) is 11.3 Å². The highest BCUT2D eigenvalue weighted by atomic mass is 32.1. The Kier molecular flexibility index (Phi) is 6.87. The van der Waals surface area contributed by atoms with Crippen molar-refractivity contribution in [1.29, 1.82) is 0 Å². The van der Waals surface area contributed by atoms with Gasteiger partial charge in [-0.1, -0.05) is 12.1 Å². The normalized spacial score (nSPS) is 24.1. The first-order chi connectivity index (χ1) is 15.4. The summed E-state index contributed by atoms with van der Waals surface area (Å²) >= 11 is 1.55. The lowest BCUT2D eigenvalue weighted by Gasteiger charge is -2.21. The van der Waals surface area contributed by atoms with Crippen LogP contribution in [0.4, 0.5) is 11.8 Å². The monoisotopic (exact) mass is 459 g/mol. The van der Waals surface area contributed by atoms with Gasteiger partial charge >= 0.3 is 0 Å². The SMILES string of the molecule is CO[C@H](C)CNc1nc(C)c(-c2nc3ccccc3s2)c(N[C@@H]2C[C@H](CO)[C@@H](O)[C@H]2O)n1. The molecule has 4 rings (SSSR count). The lowest BCUT2D eigenvalue weighted by Crippen LogP contribution is -2.35. The van der Waals surface area contributed by atoms with E-state index in [1.807, 2.05) is 38.1 Å². The molecule has 32 heavy (non-hydrogen) atoms. The number of para-hydroxylation sites is 1. The minimum Gasteiger partial charge on any atom is -0.396 e. The molecule has 0 bridgehead atoms. The van der Waals surface area contributed by atoms with Crippen molar-refractivity contribution in [1.82, 2.24) is 15.0 Å². The zero-order valence-corrected chi connectivity index (χ0v) is 19.1. The number of anilines is 2. The topological polar surface area (TPSA) is 133 Å². The number of hydrogen-bond acceptors (Lipinski definition) is 10. The molecule has 0 aliphatic heterocycles. The third-order valence-electron chi connectivity index (χ3n) is 5.91. The van der Waals surface area contributed by atoms with E-state index in [4.69, 9.17) is 9.72 Å². The first-order valence-electron chi connectivity index (χ1n) is 10.7. The number of thiazole rings is 1. The van der Waals surface area contributed by atoms with Crippen molar-refractivity contribution < 1.29 is 20.1 Å². The summed E-state index contributed by atoms with van der Waals surface area (Å²) in [5.74, 6) is 0.570. The van der Waals surface area contributed by atoms with E-state index < -0.39 is 24.2 Å². The minimum absolute atomic E-state index is 0.0173. The summed E-state index contributed by atoms with van der Waals surface area (Å²) in [7, 11) is 1.64. The first kappa shape index (κ1) is 22.8. The number of aliphatic hydroxyl groups excluding tert-OH is 3. The van der Waals surface area contributed by atoms with Crippen molar-refractivity contribution >= 4 is 33.3 Å². The summed E-state index contributed by atoms with van der Waals surface area (Å²) in [6.45, 7) is 4.19. The van der Waals surface area contributed by atoms with Gasteiger partial charge in [0.05, 0.1) is 39.7 Å². The molecule has 10 heteroatoms. The number of nitrogens with zero attached hydrogens (tertiary/aromatic N) is 3. The van der Waals surface area contributed by atoms with E-state index in [9.17, 15) is 15.3 Å². The second-order valence-electron chi connectivity index (χ2n) is 8.18. The molecule has 1 aliphatic carbocycles. The predicted octanol–water partition coefficient (Wildman–Crippen LogP) is 2.02. The molecule has 5 N–H and O–H groups in total. The Labute approximate surface area is 190 Å². The predicted molar refractivity (Wildman–Crippen MR) is 125 cm³/mol. The van der Waals surface area contributed by atoms with Crippen LogP contribution >= 0.6 is 11.3 Å². The third kappa shape index (κ3) is 4.55. The molecule has 2 heterocycles. The molecule has 1 aromatic carbocycles. The summed E-state index contributed by atoms with van der Waals surface area (Å²) in [5.41, 5.74) is 2.39. The van der Waals surface area contributed by atoms with E-state index in [0.29, 0.717) is 24.7 Å². The molecule has 0 saturated heterocycles. The van der Waals surface area contributed by atoms with Gasteiger partial charge in [-0.3, -0.25) is 0 Å². The van der Waals surface area contributed by atoms with Crippen LogP contribution in [0.2, 0.25) is 0 Å². The van der Waals surface area contributed by atoms with Gasteiger partial charge in [0, 0.05) is 26.2 Å². The van der Waals surface area contributed by atoms with E-state index in [1.165, 1.54) is 0 Å². The summed E-state index contributed by atoms with van der Waals surface area (Å²) in [4.78, 5) is 14.1. The Balaban J connectivity index is 1.72. The van der Waals surface area contributed by atoms with E-state index in [0.717, 1.165) is 26.5 Å². The van der Waals surface area contributed by atoms with Crippen molar-refractivity contribution in [3.05, 3.63) is 30.0 Å². The fraction of sp³-hybridized carbons (Fsp3) is 0.500. The van der Waals surface area contributed by atoms with Gasteiger partial charge in [0.25, 0.3) is 0 Å². The Hall–Kier alpha value is -2.37. The summed E-state index contributed by atoms with van der Waals surface area (Å²) in [6.07, 6.45) is -1.61. The van der Waals surface area contributed by atoms with Crippen LogP contribution < -0.4 is 10.6 Å². The fourth-order valence-corrected chi connectivity index (χ4v) is 5.00. The Morgan fingerprint density at radius 1 is 1.19 bits per heavy atom. The molecule has 0 radical (unpaired) electrons. The summed E-state index contributed by atoms with van der Waals surface area (Å²) < 4.78 is 6.35. The van der Waals surface area contributed by atoms with Crippen molar-refractivity contribution in [2.45, 2.75) is 44.6 Å². The molecule has 9 nitrogen and oxygen atoms in total. The third-order valence-corrected chi connectivity index (χ3v) is 6.96. The quantitative estimate of drug-likeness (QED) is 0.343. The number of nitrogens with one attached hydrogen (secondary N) is 2. The maximum Gasteiger partial charge on any atom is 0.224 e. The highest BCUT2D eigenvalue weighted by molar-refractivity contribution is 7.21. The zero-order valence-electron chi connectivity index (χ0n) is 18.3. The zero-order chi connectivity index (χ0) is 22.8. The Morgan fingerprint density at radius 2 is 1.97 bits per heavy atom. The van der Waals surface area contributed by atoms with Gasteiger partial charge in [-0.2, -0.15) is 4.98 Å². The lowest BCUT2D eigenvalue weighted by atomic mass is 10.1. The molecular formula is C22H29N5O4S. The number of ether oxygens (including phenoxy) is 1. The summed E-state index contributed by atoms with van der Waals surface area (Å²) in [6, 6.07) is 7.44. The second-order valence-corrected chi connectivity index (χ2v) is 9.21. The van der Waals surface area contributed by atoms with Crippen LogP contribution in [-0.2, 0) is 4.74 Å². The molecule has 1 saturated carbocycles. The van der Waals surface area contributed by atoms with Crippen LogP contribution in [0.3, 0.4) is 0 Å². The van der Waals surface area contributed by atoms with Crippen molar-refractivity contribution in [2.75, 3.05) is 30.9 Å². The van der Waals surface area contributed by atoms with Gasteiger partial charge in [0.15, 0.2) is 0 Å². The van der Waals surface area contributed by atoms with Gasteiger partial charge in [-0.25, -0.2) is 9.97 Å². The van der Waals surface area contributed by atoms with Gasteiger partial charge in [-0.05, 0) is 32.4 Å². The molecule has 1 aliphatic rings. The molecule has 1 fully saturated rings. The maximum atomic E-state index is 10.5. The van der Waals surface area contributed by atoms with Crippen molar-refractivity contribution in [3.8, 4) is 10.6 Å². The van der Waals surface area contributed by atoms with Gasteiger partial charge < -0.3 is 30.7 Å². The number of aromatic nitrogens is 3. The highest BCUT2D eigenvalue weighted by Crippen LogP contribution is 2.38. The number of methoxy groups -OCH3 is 1. The maximum absolute atomic E-state index is 10.5. The van der Waals surface area contributed by atoms with E-state index in [2.05, 4.69) is 20.6 Å². The molecular weight excluding hydrogens is 430 g/mol. The number of rotatable bonds is 8. The number of aryl methyl sites for hydroxylation is 1. The molecule has 0 unspecified atom stereocenters. The van der Waals surface area contributed by atoms with Crippen LogP contribution in [-0.4, -0.2) is 74.9 Å². The second kappa shape index (κ2) is 9.63. The van der Waals surface area contributed by atoms with E-state index >= 15 is 0 Å². The molecule has 0 amide bonds. The van der Waals surface area contributed by atoms with Crippen molar-refractivity contribution in [2.24, 2.45) is 5.92 Å². The lowest BCUT2D eigenvalue weighted by molar-refractivity contribution is 0.00446. The van der Waals surface area contributed by atoms with Crippen LogP contribution in [0.25, 0.3) is 20.8 Å². The van der Waals surface area contributed by atoms with Crippen LogP contribution in [0.5, 0.6) is 0 Å². The number of fused-ring (bicyclic) bond motifs is 1. The van der Waals surface area contributed by atoms with Crippen LogP contribution in [0.15, 0.2) is 24.3 Å². The number of hydrogen-bond donors (Lipinski definition) is 5. The van der Waals surface area contributed by atoms with Gasteiger partial charge in [0.2, 0.25) is 5.95 Å². The molecule has 3 aromatic rings. The molecule has 172 valence electrons. The number of aliphatic hydroxyl groups is 3.